The second-order valence-electron chi connectivity index (χ2n) is 4.91. The van der Waals surface area contributed by atoms with Crippen LogP contribution in [-0.2, 0) is 10.2 Å². The van der Waals surface area contributed by atoms with Gasteiger partial charge in [0.15, 0.2) is 11.2 Å². The molecule has 4 nitrogen and oxygen atoms in total. The molecule has 0 saturated carbocycles. The third kappa shape index (κ3) is 2.04. The van der Waals surface area contributed by atoms with E-state index in [9.17, 15) is 9.65 Å². The van der Waals surface area contributed by atoms with E-state index in [1.807, 2.05) is 13.0 Å². The van der Waals surface area contributed by atoms with E-state index in [0.29, 0.717) is 24.7 Å². The van der Waals surface area contributed by atoms with E-state index < -0.39 is 5.41 Å². The van der Waals surface area contributed by atoms with Gasteiger partial charge in [0.05, 0.1) is 25.0 Å². The summed E-state index contributed by atoms with van der Waals surface area (Å²) >= 11 is 0. The van der Waals surface area contributed by atoms with E-state index in [-0.39, 0.29) is 5.82 Å². The fraction of sp³-hybridized carbons (Fsp3) is 0.267. The molecule has 20 heavy (non-hydrogen) atoms. The molecular weight excluding hydrogens is 257 g/mol. The standard InChI is InChI=1S/C15H12FN3O/c1-10-6-13(11-2-4-12(16)5-3-11)19-14(18-10)15(7-17)8-20-9-15/h2-6H,8-9H2,1H3. The van der Waals surface area contributed by atoms with Gasteiger partial charge in [-0.1, -0.05) is 0 Å². The van der Waals surface area contributed by atoms with Gasteiger partial charge in [0.1, 0.15) is 5.82 Å². The van der Waals surface area contributed by atoms with Crippen LogP contribution in [0, 0.1) is 24.1 Å². The van der Waals surface area contributed by atoms with Gasteiger partial charge in [-0.3, -0.25) is 0 Å². The summed E-state index contributed by atoms with van der Waals surface area (Å²) in [4.78, 5) is 8.82. The van der Waals surface area contributed by atoms with Crippen molar-refractivity contribution in [2.45, 2.75) is 12.3 Å². The Morgan fingerprint density at radius 2 is 1.95 bits per heavy atom. The molecule has 0 aliphatic carbocycles. The number of nitriles is 1. The number of hydrogen-bond donors (Lipinski definition) is 0. The van der Waals surface area contributed by atoms with E-state index in [2.05, 4.69) is 16.0 Å². The summed E-state index contributed by atoms with van der Waals surface area (Å²) in [7, 11) is 0. The molecule has 2 heterocycles. The molecule has 1 aromatic heterocycles. The van der Waals surface area contributed by atoms with Crippen LogP contribution in [0.5, 0.6) is 0 Å². The Balaban J connectivity index is 2.07. The Hall–Kier alpha value is -2.32. The molecule has 0 N–H and O–H groups in total. The monoisotopic (exact) mass is 269 g/mol. The second kappa shape index (κ2) is 4.66. The van der Waals surface area contributed by atoms with Crippen LogP contribution in [0.1, 0.15) is 11.5 Å². The molecule has 1 aromatic carbocycles. The molecule has 3 rings (SSSR count). The lowest BCUT2D eigenvalue weighted by atomic mass is 9.86. The van der Waals surface area contributed by atoms with E-state index in [1.165, 1.54) is 12.1 Å². The summed E-state index contributed by atoms with van der Waals surface area (Å²) in [6.07, 6.45) is 0. The molecule has 1 fully saturated rings. The van der Waals surface area contributed by atoms with Crippen molar-refractivity contribution < 1.29 is 9.13 Å². The van der Waals surface area contributed by atoms with Crippen molar-refractivity contribution in [1.29, 1.82) is 5.26 Å². The van der Waals surface area contributed by atoms with Gasteiger partial charge in [0.2, 0.25) is 0 Å². The first kappa shape index (κ1) is 12.7. The smallest absolute Gasteiger partial charge is 0.163 e. The van der Waals surface area contributed by atoms with Gasteiger partial charge in [-0.15, -0.1) is 0 Å². The van der Waals surface area contributed by atoms with Gasteiger partial charge < -0.3 is 4.74 Å². The molecule has 1 saturated heterocycles. The lowest BCUT2D eigenvalue weighted by Crippen LogP contribution is -2.47. The van der Waals surface area contributed by atoms with Gasteiger partial charge in [-0.25, -0.2) is 14.4 Å². The summed E-state index contributed by atoms with van der Waals surface area (Å²) in [5.74, 6) is 0.186. The van der Waals surface area contributed by atoms with Crippen molar-refractivity contribution in [2.24, 2.45) is 0 Å². The zero-order valence-electron chi connectivity index (χ0n) is 10.9. The Morgan fingerprint density at radius 3 is 2.50 bits per heavy atom. The second-order valence-corrected chi connectivity index (χ2v) is 4.91. The molecule has 0 radical (unpaired) electrons. The number of nitrogens with zero attached hydrogens (tertiary/aromatic N) is 3. The molecule has 2 aromatic rings. The van der Waals surface area contributed by atoms with E-state index >= 15 is 0 Å². The lowest BCUT2D eigenvalue weighted by Gasteiger charge is -2.33. The highest BCUT2D eigenvalue weighted by molar-refractivity contribution is 5.59. The van der Waals surface area contributed by atoms with E-state index in [4.69, 9.17) is 4.74 Å². The number of aryl methyl sites for hydroxylation is 1. The highest BCUT2D eigenvalue weighted by atomic mass is 19.1. The zero-order chi connectivity index (χ0) is 14.2. The van der Waals surface area contributed by atoms with E-state index in [0.717, 1.165) is 11.3 Å². The molecule has 0 spiro atoms. The van der Waals surface area contributed by atoms with Crippen LogP contribution in [0.2, 0.25) is 0 Å². The van der Waals surface area contributed by atoms with Gasteiger partial charge >= 0.3 is 0 Å². The molecule has 1 aliphatic heterocycles. The SMILES string of the molecule is Cc1cc(-c2ccc(F)cc2)nc(C2(C#N)COC2)n1. The van der Waals surface area contributed by atoms with Crippen LogP contribution >= 0.6 is 0 Å². The molecule has 0 unspecified atom stereocenters. The fourth-order valence-electron chi connectivity index (χ4n) is 2.10. The number of hydrogen-bond acceptors (Lipinski definition) is 4. The predicted octanol–water partition coefficient (Wildman–Crippen LogP) is 2.38. The maximum absolute atomic E-state index is 13.0. The third-order valence-electron chi connectivity index (χ3n) is 3.33. The summed E-state index contributed by atoms with van der Waals surface area (Å²) in [6.45, 7) is 2.48. The van der Waals surface area contributed by atoms with Crippen LogP contribution in [0.25, 0.3) is 11.3 Å². The van der Waals surface area contributed by atoms with Gasteiger partial charge in [0, 0.05) is 11.3 Å². The molecule has 5 heteroatoms. The minimum Gasteiger partial charge on any atom is -0.377 e. The van der Waals surface area contributed by atoms with Crippen molar-refractivity contribution in [1.82, 2.24) is 9.97 Å². The maximum atomic E-state index is 13.0. The summed E-state index contributed by atoms with van der Waals surface area (Å²) in [5.41, 5.74) is 1.51. The zero-order valence-corrected chi connectivity index (χ0v) is 10.9. The number of aromatic nitrogens is 2. The van der Waals surface area contributed by atoms with Crippen LogP contribution < -0.4 is 0 Å². The lowest BCUT2D eigenvalue weighted by molar-refractivity contribution is -0.0339. The summed E-state index contributed by atoms with van der Waals surface area (Å²) < 4.78 is 18.1. The number of benzene rings is 1. The minimum atomic E-state index is -0.749. The van der Waals surface area contributed by atoms with Gasteiger partial charge in [-0.2, -0.15) is 5.26 Å². The molecule has 0 amide bonds. The number of rotatable bonds is 2. The normalized spacial score (nSPS) is 16.2. The Bertz CT molecular complexity index is 687. The van der Waals surface area contributed by atoms with Crippen molar-refractivity contribution in [3.63, 3.8) is 0 Å². The van der Waals surface area contributed by atoms with Crippen molar-refractivity contribution in [2.75, 3.05) is 13.2 Å². The number of ether oxygens (including phenoxy) is 1. The molecule has 0 atom stereocenters. The third-order valence-corrected chi connectivity index (χ3v) is 3.33. The van der Waals surface area contributed by atoms with Crippen molar-refractivity contribution >= 4 is 0 Å². The first-order valence-electron chi connectivity index (χ1n) is 6.24. The van der Waals surface area contributed by atoms with Crippen molar-refractivity contribution in [3.8, 4) is 17.3 Å². The van der Waals surface area contributed by atoms with Gasteiger partial charge in [-0.05, 0) is 37.3 Å². The van der Waals surface area contributed by atoms with Crippen LogP contribution in [0.3, 0.4) is 0 Å². The molecule has 100 valence electrons. The van der Waals surface area contributed by atoms with Crippen LogP contribution in [0.4, 0.5) is 4.39 Å². The maximum Gasteiger partial charge on any atom is 0.163 e. The Morgan fingerprint density at radius 1 is 1.25 bits per heavy atom. The topological polar surface area (TPSA) is 58.8 Å². The average molecular weight is 269 g/mol. The summed E-state index contributed by atoms with van der Waals surface area (Å²) in [5, 5.41) is 9.32. The molecular formula is C15H12FN3O. The van der Waals surface area contributed by atoms with Crippen LogP contribution in [-0.4, -0.2) is 23.2 Å². The number of halogens is 1. The summed E-state index contributed by atoms with van der Waals surface area (Å²) in [6, 6.07) is 10.2. The highest BCUT2D eigenvalue weighted by Gasteiger charge is 2.44. The highest BCUT2D eigenvalue weighted by Crippen LogP contribution is 2.30. The van der Waals surface area contributed by atoms with E-state index in [1.54, 1.807) is 12.1 Å². The molecule has 0 bridgehead atoms. The molecule has 1 aliphatic rings. The Labute approximate surface area is 115 Å². The Kier molecular flexibility index (Phi) is 2.96. The quantitative estimate of drug-likeness (QED) is 0.840. The van der Waals surface area contributed by atoms with Crippen LogP contribution in [0.15, 0.2) is 30.3 Å². The largest absolute Gasteiger partial charge is 0.377 e. The van der Waals surface area contributed by atoms with Crippen molar-refractivity contribution in [3.05, 3.63) is 47.7 Å². The average Bonchev–Trinajstić information content (AvgIpc) is 2.38. The minimum absolute atomic E-state index is 0.291. The first-order valence-corrected chi connectivity index (χ1v) is 6.24. The van der Waals surface area contributed by atoms with Gasteiger partial charge in [0.25, 0.3) is 0 Å². The predicted molar refractivity (Wildman–Crippen MR) is 70.3 cm³/mol. The first-order chi connectivity index (χ1) is 9.63. The fourth-order valence-corrected chi connectivity index (χ4v) is 2.10.